The van der Waals surface area contributed by atoms with Crippen molar-refractivity contribution >= 4 is 5.91 Å². The third-order valence-electron chi connectivity index (χ3n) is 5.65. The second-order valence-corrected chi connectivity index (χ2v) is 7.27. The third kappa shape index (κ3) is 2.96. The maximum absolute atomic E-state index is 12.5. The van der Waals surface area contributed by atoms with Crippen molar-refractivity contribution in [2.45, 2.75) is 58.1 Å². The first-order chi connectivity index (χ1) is 9.81. The molecular formula is C16H30N2O3. The van der Waals surface area contributed by atoms with Gasteiger partial charge in [0.15, 0.2) is 0 Å². The number of ether oxygens (including phenoxy) is 2. The summed E-state index contributed by atoms with van der Waals surface area (Å²) in [5.41, 5.74) is 5.48. The van der Waals surface area contributed by atoms with Gasteiger partial charge in [0.05, 0.1) is 6.10 Å². The summed E-state index contributed by atoms with van der Waals surface area (Å²) in [6.07, 6.45) is 4.01. The zero-order valence-corrected chi connectivity index (χ0v) is 13.8. The summed E-state index contributed by atoms with van der Waals surface area (Å²) < 4.78 is 10.8. The largest absolute Gasteiger partial charge is 0.385 e. The normalized spacial score (nSPS) is 32.3. The van der Waals surface area contributed by atoms with E-state index < -0.39 is 5.54 Å². The second-order valence-electron chi connectivity index (χ2n) is 7.27. The average Bonchev–Trinajstić information content (AvgIpc) is 3.22. The lowest BCUT2D eigenvalue weighted by molar-refractivity contribution is -0.170. The number of carbonyl (C=O) groups excluding carboxylic acids is 1. The lowest BCUT2D eigenvalue weighted by atomic mass is 9.54. The minimum Gasteiger partial charge on any atom is -0.385 e. The molecule has 0 aromatic heterocycles. The Bertz CT molecular complexity index is 393. The molecular weight excluding hydrogens is 268 g/mol. The molecule has 5 nitrogen and oxygen atoms in total. The van der Waals surface area contributed by atoms with Gasteiger partial charge in [-0.25, -0.2) is 0 Å². The van der Waals surface area contributed by atoms with E-state index in [2.05, 4.69) is 5.32 Å². The standard InChI is InChI=1S/C16H30N2O3/c1-5-21-12-10-16(17,14(12,2)3)13(19)18-11-15(6-7-15)8-9-20-4/h12H,5-11,17H2,1-4H3,(H,18,19). The Kier molecular flexibility index (Phi) is 4.66. The van der Waals surface area contributed by atoms with E-state index in [0.29, 0.717) is 19.6 Å². The molecule has 0 saturated heterocycles. The van der Waals surface area contributed by atoms with Gasteiger partial charge in [0, 0.05) is 38.7 Å². The van der Waals surface area contributed by atoms with Crippen molar-refractivity contribution in [3.05, 3.63) is 0 Å². The number of nitrogens with two attached hydrogens (primary N) is 1. The van der Waals surface area contributed by atoms with Crippen LogP contribution in [0.5, 0.6) is 0 Å². The van der Waals surface area contributed by atoms with E-state index in [4.69, 9.17) is 15.2 Å². The minimum atomic E-state index is -0.815. The fourth-order valence-electron chi connectivity index (χ4n) is 3.26. The summed E-state index contributed by atoms with van der Waals surface area (Å²) in [6.45, 7) is 8.14. The first-order valence-corrected chi connectivity index (χ1v) is 7.99. The predicted octanol–water partition coefficient (Wildman–Crippen LogP) is 1.45. The van der Waals surface area contributed by atoms with Crippen molar-refractivity contribution in [1.29, 1.82) is 0 Å². The second kappa shape index (κ2) is 5.86. The fourth-order valence-corrected chi connectivity index (χ4v) is 3.26. The van der Waals surface area contributed by atoms with Crippen LogP contribution in [-0.2, 0) is 14.3 Å². The highest BCUT2D eigenvalue weighted by atomic mass is 16.5. The summed E-state index contributed by atoms with van der Waals surface area (Å²) in [5, 5.41) is 3.08. The molecule has 0 radical (unpaired) electrons. The van der Waals surface area contributed by atoms with E-state index >= 15 is 0 Å². The molecule has 0 spiro atoms. The molecule has 5 heteroatoms. The van der Waals surface area contributed by atoms with Gasteiger partial charge in [-0.1, -0.05) is 13.8 Å². The molecule has 0 aromatic rings. The van der Waals surface area contributed by atoms with Crippen LogP contribution in [0.1, 0.15) is 46.5 Å². The Morgan fingerprint density at radius 1 is 1.38 bits per heavy atom. The highest BCUT2D eigenvalue weighted by Gasteiger charge is 2.63. The molecule has 21 heavy (non-hydrogen) atoms. The van der Waals surface area contributed by atoms with Crippen LogP contribution in [0.25, 0.3) is 0 Å². The zero-order chi connectivity index (χ0) is 15.7. The molecule has 2 unspecified atom stereocenters. The Morgan fingerprint density at radius 2 is 2.05 bits per heavy atom. The molecule has 122 valence electrons. The van der Waals surface area contributed by atoms with Crippen LogP contribution in [-0.4, -0.2) is 44.4 Å². The number of rotatable bonds is 8. The van der Waals surface area contributed by atoms with Gasteiger partial charge in [-0.05, 0) is 31.6 Å². The van der Waals surface area contributed by atoms with E-state index in [-0.39, 0.29) is 22.8 Å². The van der Waals surface area contributed by atoms with Crippen molar-refractivity contribution in [2.75, 3.05) is 26.9 Å². The molecule has 3 N–H and O–H groups in total. The lowest BCUT2D eigenvalue weighted by Crippen LogP contribution is -2.76. The molecule has 0 aliphatic heterocycles. The van der Waals surface area contributed by atoms with Crippen LogP contribution < -0.4 is 11.1 Å². The summed E-state index contributed by atoms with van der Waals surface area (Å²) in [7, 11) is 1.72. The van der Waals surface area contributed by atoms with Crippen molar-refractivity contribution in [1.82, 2.24) is 5.32 Å². The molecule has 2 rings (SSSR count). The van der Waals surface area contributed by atoms with Crippen LogP contribution in [0, 0.1) is 10.8 Å². The molecule has 2 aliphatic carbocycles. The smallest absolute Gasteiger partial charge is 0.240 e. The number of methoxy groups -OCH3 is 1. The van der Waals surface area contributed by atoms with Gasteiger partial charge in [-0.2, -0.15) is 0 Å². The van der Waals surface area contributed by atoms with Crippen LogP contribution in [0.2, 0.25) is 0 Å². The van der Waals surface area contributed by atoms with Crippen molar-refractivity contribution in [3.8, 4) is 0 Å². The van der Waals surface area contributed by atoms with E-state index in [1.807, 2.05) is 20.8 Å². The van der Waals surface area contributed by atoms with Crippen LogP contribution >= 0.6 is 0 Å². The van der Waals surface area contributed by atoms with E-state index in [0.717, 1.165) is 13.0 Å². The van der Waals surface area contributed by atoms with Crippen LogP contribution in [0.15, 0.2) is 0 Å². The van der Waals surface area contributed by atoms with E-state index in [9.17, 15) is 4.79 Å². The number of hydrogen-bond acceptors (Lipinski definition) is 4. The fraction of sp³-hybridized carbons (Fsp3) is 0.938. The number of carbonyl (C=O) groups is 1. The monoisotopic (exact) mass is 298 g/mol. The van der Waals surface area contributed by atoms with Gasteiger partial charge in [0.25, 0.3) is 0 Å². The van der Waals surface area contributed by atoms with Crippen LogP contribution in [0.4, 0.5) is 0 Å². The van der Waals surface area contributed by atoms with Gasteiger partial charge in [-0.15, -0.1) is 0 Å². The molecule has 2 fully saturated rings. The molecule has 0 bridgehead atoms. The van der Waals surface area contributed by atoms with E-state index in [1.165, 1.54) is 12.8 Å². The third-order valence-corrected chi connectivity index (χ3v) is 5.65. The first-order valence-electron chi connectivity index (χ1n) is 7.99. The molecule has 2 aliphatic rings. The van der Waals surface area contributed by atoms with Gasteiger partial charge in [-0.3, -0.25) is 4.79 Å². The maximum atomic E-state index is 12.5. The topological polar surface area (TPSA) is 73.6 Å². The van der Waals surface area contributed by atoms with Crippen molar-refractivity contribution < 1.29 is 14.3 Å². The minimum absolute atomic E-state index is 0.0351. The van der Waals surface area contributed by atoms with Gasteiger partial charge >= 0.3 is 0 Å². The highest BCUT2D eigenvalue weighted by molar-refractivity contribution is 5.88. The Morgan fingerprint density at radius 3 is 2.52 bits per heavy atom. The Hall–Kier alpha value is -0.650. The Labute approximate surface area is 127 Å². The highest BCUT2D eigenvalue weighted by Crippen LogP contribution is 2.51. The Balaban J connectivity index is 1.86. The van der Waals surface area contributed by atoms with Crippen molar-refractivity contribution in [2.24, 2.45) is 16.6 Å². The number of amides is 1. The predicted molar refractivity (Wildman–Crippen MR) is 81.9 cm³/mol. The van der Waals surface area contributed by atoms with Gasteiger partial charge in [0.2, 0.25) is 5.91 Å². The van der Waals surface area contributed by atoms with Crippen LogP contribution in [0.3, 0.4) is 0 Å². The summed E-state index contributed by atoms with van der Waals surface area (Å²) in [5.74, 6) is -0.0351. The summed E-state index contributed by atoms with van der Waals surface area (Å²) >= 11 is 0. The molecule has 0 aromatic carbocycles. The summed E-state index contributed by atoms with van der Waals surface area (Å²) in [6, 6.07) is 0. The average molecular weight is 298 g/mol. The zero-order valence-electron chi connectivity index (χ0n) is 13.8. The molecule has 0 heterocycles. The van der Waals surface area contributed by atoms with Gasteiger partial charge < -0.3 is 20.5 Å². The van der Waals surface area contributed by atoms with Gasteiger partial charge in [0.1, 0.15) is 5.54 Å². The quantitative estimate of drug-likeness (QED) is 0.711. The molecule has 2 atom stereocenters. The molecule has 2 saturated carbocycles. The lowest BCUT2D eigenvalue weighted by Gasteiger charge is -2.57. The summed E-state index contributed by atoms with van der Waals surface area (Å²) in [4.78, 5) is 12.5. The first kappa shape index (κ1) is 16.7. The number of hydrogen-bond donors (Lipinski definition) is 2. The van der Waals surface area contributed by atoms with E-state index in [1.54, 1.807) is 7.11 Å². The number of nitrogens with one attached hydrogen (secondary N) is 1. The SMILES string of the molecule is CCOC1CC(N)(C(=O)NCC2(CCOC)CC2)C1(C)C. The maximum Gasteiger partial charge on any atom is 0.240 e. The molecule has 1 amide bonds. The van der Waals surface area contributed by atoms with Crippen molar-refractivity contribution in [3.63, 3.8) is 0 Å².